The molecule has 0 bridgehead atoms. The van der Waals surface area contributed by atoms with E-state index in [1.165, 1.54) is 37.7 Å². The Bertz CT molecular complexity index is 888. The summed E-state index contributed by atoms with van der Waals surface area (Å²) in [5.74, 6) is 2.03. The van der Waals surface area contributed by atoms with Gasteiger partial charge in [-0.1, -0.05) is 31.4 Å². The van der Waals surface area contributed by atoms with Crippen LogP contribution in [0.1, 0.15) is 69.4 Å². The molecule has 1 heterocycles. The van der Waals surface area contributed by atoms with Gasteiger partial charge in [0.1, 0.15) is 11.5 Å². The second-order valence-corrected chi connectivity index (χ2v) is 10.5. The van der Waals surface area contributed by atoms with Gasteiger partial charge in [0, 0.05) is 12.1 Å². The van der Waals surface area contributed by atoms with E-state index >= 15 is 0 Å². The Morgan fingerprint density at radius 1 is 1.10 bits per heavy atom. The van der Waals surface area contributed by atoms with E-state index in [9.17, 15) is 9.35 Å². The van der Waals surface area contributed by atoms with Crippen LogP contribution in [0.15, 0.2) is 47.4 Å². The van der Waals surface area contributed by atoms with Crippen molar-refractivity contribution < 1.29 is 14.1 Å². The molecule has 0 radical (unpaired) electrons. The summed E-state index contributed by atoms with van der Waals surface area (Å²) in [7, 11) is 0. The summed E-state index contributed by atoms with van der Waals surface area (Å²) in [6, 6.07) is 14.1. The molecular weight excluding hydrogens is 394 g/mol. The zero-order valence-electron chi connectivity index (χ0n) is 17.9. The predicted molar refractivity (Wildman–Crippen MR) is 122 cm³/mol. The largest absolute Gasteiger partial charge is 0.611 e. The Kier molecular flexibility index (Phi) is 6.40. The van der Waals surface area contributed by atoms with Gasteiger partial charge in [-0.3, -0.25) is 4.79 Å². The van der Waals surface area contributed by atoms with Crippen molar-refractivity contribution in [2.24, 2.45) is 0 Å². The average molecular weight is 426 g/mol. The van der Waals surface area contributed by atoms with Crippen molar-refractivity contribution in [1.82, 2.24) is 0 Å². The summed E-state index contributed by atoms with van der Waals surface area (Å²) in [6.45, 7) is 4.34. The minimum Gasteiger partial charge on any atom is -0.611 e. The number of carbonyl (C=O) groups excluding carboxylic acids is 1. The van der Waals surface area contributed by atoms with Gasteiger partial charge in [-0.25, -0.2) is 0 Å². The fourth-order valence-electron chi connectivity index (χ4n) is 4.47. The predicted octanol–water partition coefficient (Wildman–Crippen LogP) is 5.54. The third-order valence-corrected chi connectivity index (χ3v) is 7.90. The Balaban J connectivity index is 1.26. The quantitative estimate of drug-likeness (QED) is 0.468. The molecule has 1 N–H and O–H groups in total. The van der Waals surface area contributed by atoms with Crippen LogP contribution in [0.4, 0.5) is 5.69 Å². The zero-order valence-corrected chi connectivity index (χ0v) is 18.7. The molecule has 2 aromatic carbocycles. The van der Waals surface area contributed by atoms with Gasteiger partial charge in [-0.2, -0.15) is 0 Å². The minimum absolute atomic E-state index is 0.0135. The van der Waals surface area contributed by atoms with E-state index in [0.29, 0.717) is 24.7 Å². The summed E-state index contributed by atoms with van der Waals surface area (Å²) in [4.78, 5) is 13.0. The van der Waals surface area contributed by atoms with E-state index in [0.717, 1.165) is 21.9 Å². The number of nitrogens with one attached hydrogen (secondary N) is 1. The van der Waals surface area contributed by atoms with Gasteiger partial charge in [0.05, 0.1) is 12.0 Å². The number of fused-ring (bicyclic) bond motifs is 1. The first-order chi connectivity index (χ1) is 14.4. The Labute approximate surface area is 182 Å². The second kappa shape index (κ2) is 9.03. The first-order valence-corrected chi connectivity index (χ1v) is 12.3. The summed E-state index contributed by atoms with van der Waals surface area (Å²) >= 11 is -1.01. The van der Waals surface area contributed by atoms with Crippen LogP contribution in [-0.4, -0.2) is 22.8 Å². The molecular formula is C25H31NO3S. The van der Waals surface area contributed by atoms with Crippen molar-refractivity contribution in [2.45, 2.75) is 68.6 Å². The van der Waals surface area contributed by atoms with Crippen molar-refractivity contribution in [2.75, 3.05) is 17.7 Å². The van der Waals surface area contributed by atoms with Crippen LogP contribution in [0.25, 0.3) is 0 Å². The highest BCUT2D eigenvalue weighted by Crippen LogP contribution is 2.39. The van der Waals surface area contributed by atoms with Crippen LogP contribution in [0.5, 0.6) is 5.75 Å². The summed E-state index contributed by atoms with van der Waals surface area (Å²) in [6.07, 6.45) is 7.29. The number of hydrogen-bond acceptors (Lipinski definition) is 3. The molecule has 4 nitrogen and oxygen atoms in total. The highest BCUT2D eigenvalue weighted by molar-refractivity contribution is 7.91. The third-order valence-electron chi connectivity index (χ3n) is 6.44. The van der Waals surface area contributed by atoms with Gasteiger partial charge in [0.25, 0.3) is 0 Å². The second-order valence-electron chi connectivity index (χ2n) is 8.94. The fourth-order valence-corrected chi connectivity index (χ4v) is 5.52. The topological polar surface area (TPSA) is 61.4 Å². The Hall–Kier alpha value is -1.98. The normalized spacial score (nSPS) is 19.2. The Morgan fingerprint density at radius 3 is 2.57 bits per heavy atom. The van der Waals surface area contributed by atoms with Crippen LogP contribution < -0.4 is 10.1 Å². The molecule has 1 unspecified atom stereocenters. The fraction of sp³-hybridized carbons (Fsp3) is 0.480. The van der Waals surface area contributed by atoms with Gasteiger partial charge in [-0.05, 0) is 85.2 Å². The number of carbonyl (C=O) groups is 1. The van der Waals surface area contributed by atoms with Crippen LogP contribution in [0, 0.1) is 0 Å². The third kappa shape index (κ3) is 4.52. The van der Waals surface area contributed by atoms with Crippen LogP contribution in [-0.2, 0) is 21.4 Å². The van der Waals surface area contributed by atoms with E-state index in [4.69, 9.17) is 4.74 Å². The number of amides is 1. The molecule has 1 aliphatic heterocycles. The van der Waals surface area contributed by atoms with Crippen molar-refractivity contribution in [3.05, 3.63) is 53.6 Å². The van der Waals surface area contributed by atoms with Gasteiger partial charge in [0.15, 0.2) is 4.90 Å². The highest BCUT2D eigenvalue weighted by Gasteiger charge is 2.38. The molecule has 1 atom stereocenters. The van der Waals surface area contributed by atoms with Gasteiger partial charge < -0.3 is 14.6 Å². The molecule has 2 aliphatic rings. The maximum absolute atomic E-state index is 12.6. The van der Waals surface area contributed by atoms with Crippen LogP contribution in [0.3, 0.4) is 0 Å². The zero-order chi connectivity index (χ0) is 21.1. The molecule has 1 fully saturated rings. The number of anilines is 1. The number of ether oxygens (including phenoxy) is 1. The maximum Gasteiger partial charge on any atom is 0.234 e. The molecule has 0 spiro atoms. The lowest BCUT2D eigenvalue weighted by Gasteiger charge is -2.22. The van der Waals surface area contributed by atoms with E-state index < -0.39 is 16.6 Å². The molecule has 0 aromatic heterocycles. The lowest BCUT2D eigenvalue weighted by atomic mass is 9.84. The smallest absolute Gasteiger partial charge is 0.234 e. The highest BCUT2D eigenvalue weighted by atomic mass is 32.2. The summed E-state index contributed by atoms with van der Waals surface area (Å²) < 4.78 is 18.5. The molecule has 30 heavy (non-hydrogen) atoms. The molecule has 1 aliphatic carbocycles. The molecule has 0 saturated heterocycles. The summed E-state index contributed by atoms with van der Waals surface area (Å²) in [5.41, 5.74) is 2.67. The van der Waals surface area contributed by atoms with Crippen molar-refractivity contribution in [1.29, 1.82) is 0 Å². The maximum atomic E-state index is 12.6. The molecule has 2 aromatic rings. The van der Waals surface area contributed by atoms with E-state index in [2.05, 4.69) is 17.4 Å². The van der Waals surface area contributed by atoms with E-state index in [-0.39, 0.29) is 5.91 Å². The van der Waals surface area contributed by atoms with Crippen molar-refractivity contribution in [3.8, 4) is 5.75 Å². The van der Waals surface area contributed by atoms with E-state index in [1.807, 2.05) is 44.2 Å². The average Bonchev–Trinajstić information content (AvgIpc) is 3.00. The standard InChI is InChI=1S/C25H31NO3S/c1-25(2)22-17-20(11-14-23(22)26-24(25)27)29-15-6-16-30(28)21-12-9-19(10-13-21)18-7-4-3-5-8-18/h9-14,17-18H,3-8,15-16H2,1-2H3,(H,26,27). The van der Waals surface area contributed by atoms with Crippen LogP contribution >= 0.6 is 0 Å². The van der Waals surface area contributed by atoms with E-state index in [1.54, 1.807) is 0 Å². The summed E-state index contributed by atoms with van der Waals surface area (Å²) in [5, 5.41) is 2.91. The van der Waals surface area contributed by atoms with Crippen LogP contribution in [0.2, 0.25) is 0 Å². The molecule has 5 heteroatoms. The van der Waals surface area contributed by atoms with Gasteiger partial charge in [-0.15, -0.1) is 0 Å². The monoisotopic (exact) mass is 425 g/mol. The van der Waals surface area contributed by atoms with Gasteiger partial charge >= 0.3 is 0 Å². The van der Waals surface area contributed by atoms with Crippen molar-refractivity contribution >= 4 is 22.8 Å². The van der Waals surface area contributed by atoms with Gasteiger partial charge in [0.2, 0.25) is 5.91 Å². The molecule has 1 saturated carbocycles. The first-order valence-electron chi connectivity index (χ1n) is 11.0. The minimum atomic E-state index is -1.01. The lowest BCUT2D eigenvalue weighted by molar-refractivity contribution is -0.119. The molecule has 4 rings (SSSR count). The molecule has 160 valence electrons. The number of benzene rings is 2. The lowest BCUT2D eigenvalue weighted by Crippen LogP contribution is -2.26. The number of hydrogen-bond donors (Lipinski definition) is 1. The Morgan fingerprint density at radius 2 is 1.83 bits per heavy atom. The molecule has 1 amide bonds. The SMILES string of the molecule is CC1(C)C(=O)Nc2ccc(OCCC[S+]([O-])c3ccc(C4CCCCC4)cc3)cc21. The number of rotatable bonds is 7. The first kappa shape index (κ1) is 21.3. The van der Waals surface area contributed by atoms with Crippen molar-refractivity contribution in [3.63, 3.8) is 0 Å².